The van der Waals surface area contributed by atoms with Crippen LogP contribution in [0.25, 0.3) is 0 Å². The summed E-state index contributed by atoms with van der Waals surface area (Å²) in [5, 5.41) is 0. The van der Waals surface area contributed by atoms with Crippen molar-refractivity contribution in [1.82, 2.24) is 0 Å². The van der Waals surface area contributed by atoms with Crippen LogP contribution in [0.4, 0.5) is 0 Å². The lowest BCUT2D eigenvalue weighted by Gasteiger charge is -2.30. The summed E-state index contributed by atoms with van der Waals surface area (Å²) in [7, 11) is -0.256. The predicted molar refractivity (Wildman–Crippen MR) is 154 cm³/mol. The molecule has 0 aliphatic carbocycles. The first kappa shape index (κ1) is 38.0. The molecule has 36 heavy (non-hydrogen) atoms. The largest absolute Gasteiger partial charge is 0.759 e. The van der Waals surface area contributed by atoms with E-state index >= 15 is 0 Å². The maximum absolute atomic E-state index is 8.52. The average molecular weight is 535 g/mol. The molecule has 0 aromatic heterocycles. The zero-order valence-corrected chi connectivity index (χ0v) is 25.7. The van der Waals surface area contributed by atoms with E-state index in [1.54, 1.807) is 0 Å². The third-order valence-corrected chi connectivity index (χ3v) is 7.23. The van der Waals surface area contributed by atoms with E-state index in [0.29, 0.717) is 0 Å². The zero-order chi connectivity index (χ0) is 27.4. The van der Waals surface area contributed by atoms with Crippen LogP contribution >= 0.6 is 0 Å². The van der Waals surface area contributed by atoms with Gasteiger partial charge in [0, 0.05) is 10.4 Å². The molecule has 0 atom stereocenters. The van der Waals surface area contributed by atoms with Gasteiger partial charge in [-0.1, -0.05) is 142 Å². The highest BCUT2D eigenvalue weighted by Crippen LogP contribution is 2.15. The predicted octanol–water partition coefficient (Wildman–Crippen LogP) is 9.13. The number of quaternary nitrogens is 1. The van der Waals surface area contributed by atoms with Gasteiger partial charge in [-0.05, 0) is 25.7 Å². The Balaban J connectivity index is 0. The molecule has 0 unspecified atom stereocenters. The topological polar surface area (TPSA) is 80.3 Å². The second kappa shape index (κ2) is 27.9. The summed E-state index contributed by atoms with van der Waals surface area (Å²) < 4.78 is 35.3. The van der Waals surface area contributed by atoms with Crippen LogP contribution in [0.15, 0.2) is 0 Å². The average Bonchev–Trinajstić information content (AvgIpc) is 2.79. The first-order valence-electron chi connectivity index (χ1n) is 15.6. The standard InChI is InChI=1S/C30H64N.H2O4S/c1-5-7-9-11-13-15-17-19-21-23-25-27-29-31(3,4)30-28-26-24-22-20-18-16-14-12-10-8-6-2;1-5(2,3)4/h5-30H2,1-4H3;(H2,1,2,3,4)/q+1;/p-2. The smallest absolute Gasteiger partial charge is 0.0782 e. The monoisotopic (exact) mass is 534 g/mol. The molecule has 0 aromatic carbocycles. The van der Waals surface area contributed by atoms with Crippen LogP contribution in [-0.2, 0) is 10.4 Å². The molecule has 0 heterocycles. The molecule has 0 radical (unpaired) electrons. The molecular formula is C30H64NO4S-. The maximum atomic E-state index is 8.52. The fraction of sp³-hybridized carbons (Fsp3) is 1.00. The van der Waals surface area contributed by atoms with Crippen LogP contribution in [-0.4, -0.2) is 49.2 Å². The molecule has 0 bridgehead atoms. The van der Waals surface area contributed by atoms with E-state index in [1.807, 2.05) is 0 Å². The van der Waals surface area contributed by atoms with Crippen LogP contribution < -0.4 is 0 Å². The van der Waals surface area contributed by atoms with Gasteiger partial charge in [-0.2, -0.15) is 0 Å². The summed E-state index contributed by atoms with van der Waals surface area (Å²) in [6.07, 6.45) is 35.0. The van der Waals surface area contributed by atoms with Gasteiger partial charge in [0.2, 0.25) is 0 Å². The third kappa shape index (κ3) is 41.0. The molecule has 6 heteroatoms. The van der Waals surface area contributed by atoms with Crippen LogP contribution in [0.2, 0.25) is 0 Å². The Morgan fingerprint density at radius 3 is 0.778 bits per heavy atom. The molecule has 0 aliphatic heterocycles. The lowest BCUT2D eigenvalue weighted by Crippen LogP contribution is -2.41. The van der Waals surface area contributed by atoms with E-state index in [0.717, 1.165) is 0 Å². The minimum absolute atomic E-state index is 1.25. The van der Waals surface area contributed by atoms with Crippen molar-refractivity contribution in [3.8, 4) is 0 Å². The molecule has 5 nitrogen and oxygen atoms in total. The van der Waals surface area contributed by atoms with Crippen molar-refractivity contribution >= 4 is 10.4 Å². The van der Waals surface area contributed by atoms with Crippen molar-refractivity contribution in [2.24, 2.45) is 0 Å². The Kier molecular flexibility index (Phi) is 29.4. The Labute approximate surface area is 227 Å². The number of rotatable bonds is 26. The molecule has 0 amide bonds. The molecule has 0 fully saturated rings. The number of hydrogen-bond donors (Lipinski definition) is 0. The van der Waals surface area contributed by atoms with Gasteiger partial charge in [0.1, 0.15) is 0 Å². The Morgan fingerprint density at radius 2 is 0.583 bits per heavy atom. The van der Waals surface area contributed by atoms with E-state index in [1.165, 1.54) is 172 Å². The second-order valence-corrected chi connectivity index (χ2v) is 12.4. The summed E-state index contributed by atoms with van der Waals surface area (Å²) in [6.45, 7) is 7.38. The van der Waals surface area contributed by atoms with Crippen molar-refractivity contribution in [1.29, 1.82) is 0 Å². The highest BCUT2D eigenvalue weighted by atomic mass is 32.3. The molecule has 0 rings (SSSR count). The van der Waals surface area contributed by atoms with Gasteiger partial charge in [-0.15, -0.1) is 0 Å². The molecule has 0 spiro atoms. The van der Waals surface area contributed by atoms with Gasteiger partial charge < -0.3 is 13.6 Å². The van der Waals surface area contributed by atoms with Gasteiger partial charge in [0.25, 0.3) is 0 Å². The first-order chi connectivity index (χ1) is 17.1. The first-order valence-corrected chi connectivity index (χ1v) is 16.9. The zero-order valence-electron chi connectivity index (χ0n) is 24.9. The summed E-state index contributed by atoms with van der Waals surface area (Å²) >= 11 is 0. The summed E-state index contributed by atoms with van der Waals surface area (Å²) in [5.41, 5.74) is 0. The van der Waals surface area contributed by atoms with E-state index in [2.05, 4.69) is 27.9 Å². The molecule has 0 N–H and O–H groups in total. The Bertz CT molecular complexity index is 485. The van der Waals surface area contributed by atoms with Crippen molar-refractivity contribution in [2.75, 3.05) is 27.2 Å². The number of nitrogens with zero attached hydrogens (tertiary/aromatic N) is 1. The van der Waals surface area contributed by atoms with Crippen molar-refractivity contribution < 1.29 is 22.0 Å². The van der Waals surface area contributed by atoms with Crippen LogP contribution in [0, 0.1) is 0 Å². The van der Waals surface area contributed by atoms with Gasteiger partial charge in [-0.25, -0.2) is 0 Å². The van der Waals surface area contributed by atoms with Gasteiger partial charge in [-0.3, -0.25) is 8.42 Å². The van der Waals surface area contributed by atoms with Crippen LogP contribution in [0.3, 0.4) is 0 Å². The highest BCUT2D eigenvalue weighted by Gasteiger charge is 2.13. The Hall–Kier alpha value is -0.170. The van der Waals surface area contributed by atoms with Crippen LogP contribution in [0.1, 0.15) is 168 Å². The normalized spacial score (nSPS) is 11.9. The van der Waals surface area contributed by atoms with Gasteiger partial charge >= 0.3 is 0 Å². The fourth-order valence-electron chi connectivity index (χ4n) is 4.87. The maximum Gasteiger partial charge on any atom is 0.0782 e. The van der Waals surface area contributed by atoms with E-state index in [-0.39, 0.29) is 0 Å². The molecule has 0 saturated heterocycles. The minimum atomic E-state index is -5.17. The van der Waals surface area contributed by atoms with Gasteiger partial charge in [0.05, 0.1) is 27.2 Å². The van der Waals surface area contributed by atoms with Crippen molar-refractivity contribution in [3.63, 3.8) is 0 Å². The van der Waals surface area contributed by atoms with E-state index in [9.17, 15) is 0 Å². The molecular weight excluding hydrogens is 470 g/mol. The quantitative estimate of drug-likeness (QED) is 0.0479. The number of hydrogen-bond acceptors (Lipinski definition) is 4. The van der Waals surface area contributed by atoms with Gasteiger partial charge in [0.15, 0.2) is 0 Å². The SMILES string of the molecule is CCCCCCCCCCCCCC[N+](C)(C)CCCCCCCCCCCCCC.O=S(=O)([O-])[O-]. The minimum Gasteiger partial charge on any atom is -0.759 e. The number of unbranched alkanes of at least 4 members (excludes halogenated alkanes) is 22. The molecule has 0 saturated carbocycles. The fourth-order valence-corrected chi connectivity index (χ4v) is 4.87. The highest BCUT2D eigenvalue weighted by molar-refractivity contribution is 7.79. The van der Waals surface area contributed by atoms with E-state index in [4.69, 9.17) is 17.5 Å². The summed E-state index contributed by atoms with van der Waals surface area (Å²) in [6, 6.07) is 0. The molecule has 0 aromatic rings. The van der Waals surface area contributed by atoms with Crippen molar-refractivity contribution in [2.45, 2.75) is 168 Å². The summed E-state index contributed by atoms with van der Waals surface area (Å²) in [4.78, 5) is 0. The lowest BCUT2D eigenvalue weighted by molar-refractivity contribution is -0.890. The third-order valence-electron chi connectivity index (χ3n) is 7.23. The summed E-state index contributed by atoms with van der Waals surface area (Å²) in [5.74, 6) is 0. The van der Waals surface area contributed by atoms with Crippen molar-refractivity contribution in [3.05, 3.63) is 0 Å². The lowest BCUT2D eigenvalue weighted by atomic mass is 10.0. The Morgan fingerprint density at radius 1 is 0.417 bits per heavy atom. The molecule has 220 valence electrons. The van der Waals surface area contributed by atoms with E-state index < -0.39 is 10.4 Å². The molecule has 0 aliphatic rings. The van der Waals surface area contributed by atoms with Crippen LogP contribution in [0.5, 0.6) is 0 Å². The second-order valence-electron chi connectivity index (χ2n) is 11.6.